The van der Waals surface area contributed by atoms with Gasteiger partial charge in [-0.25, -0.2) is 13.8 Å². The van der Waals surface area contributed by atoms with Crippen molar-refractivity contribution >= 4 is 23.2 Å². The zero-order valence-electron chi connectivity index (χ0n) is 19.5. The molecule has 2 atom stereocenters. The van der Waals surface area contributed by atoms with E-state index in [0.29, 0.717) is 19.5 Å². The molecule has 188 valence electrons. The van der Waals surface area contributed by atoms with E-state index in [-0.39, 0.29) is 48.3 Å². The van der Waals surface area contributed by atoms with E-state index in [4.69, 9.17) is 9.72 Å². The molecule has 3 heterocycles. The maximum Gasteiger partial charge on any atom is 0.255 e. The number of carbonyl (C=O) groups is 2. The molecule has 7 nitrogen and oxygen atoms in total. The van der Waals surface area contributed by atoms with Crippen molar-refractivity contribution in [2.24, 2.45) is 0 Å². The summed E-state index contributed by atoms with van der Waals surface area (Å²) in [5.74, 6) is -1.01. The Morgan fingerprint density at radius 3 is 2.64 bits per heavy atom. The second-order valence-corrected chi connectivity index (χ2v) is 9.89. The number of hydrogen-bond acceptors (Lipinski definition) is 6. The fourth-order valence-corrected chi connectivity index (χ4v) is 5.56. The molecule has 0 saturated carbocycles. The van der Waals surface area contributed by atoms with E-state index >= 15 is 0 Å². The number of rotatable bonds is 3. The van der Waals surface area contributed by atoms with Crippen LogP contribution in [0.4, 0.5) is 8.78 Å². The molecule has 0 spiro atoms. The molecule has 2 amide bonds. The fourth-order valence-electron chi connectivity index (χ4n) is 4.75. The summed E-state index contributed by atoms with van der Waals surface area (Å²) in [7, 11) is 0. The van der Waals surface area contributed by atoms with Crippen molar-refractivity contribution in [2.75, 3.05) is 19.7 Å². The van der Waals surface area contributed by atoms with Crippen LogP contribution in [-0.2, 0) is 11.3 Å². The monoisotopic (exact) mass is 512 g/mol. The molecule has 2 aliphatic rings. The number of carbonyl (C=O) groups excluding carboxylic acids is 2. The lowest BCUT2D eigenvalue weighted by Crippen LogP contribution is -2.44. The van der Waals surface area contributed by atoms with Crippen LogP contribution in [0.15, 0.2) is 47.8 Å². The number of nitrogens with zero attached hydrogens (tertiary/aromatic N) is 2. The molecule has 5 rings (SSSR count). The van der Waals surface area contributed by atoms with Crippen molar-refractivity contribution in [3.63, 3.8) is 0 Å². The fraction of sp³-hybridized carbons (Fsp3) is 0.346. The normalized spacial score (nSPS) is 21.2. The molecule has 1 fully saturated rings. The smallest absolute Gasteiger partial charge is 0.255 e. The first kappa shape index (κ1) is 24.3. The van der Waals surface area contributed by atoms with Crippen molar-refractivity contribution in [3.05, 3.63) is 70.1 Å². The Morgan fingerprint density at radius 1 is 1.03 bits per heavy atom. The van der Waals surface area contributed by atoms with Crippen LogP contribution in [0, 0.1) is 11.6 Å². The predicted molar refractivity (Wildman–Crippen MR) is 132 cm³/mol. The van der Waals surface area contributed by atoms with Gasteiger partial charge < -0.3 is 15.4 Å². The zero-order chi connectivity index (χ0) is 25.1. The summed E-state index contributed by atoms with van der Waals surface area (Å²) < 4.78 is 32.8. The number of fused-ring (bicyclic) bond motifs is 3. The van der Waals surface area contributed by atoms with Gasteiger partial charge in [0.1, 0.15) is 29.0 Å². The van der Waals surface area contributed by atoms with Crippen LogP contribution in [-0.4, -0.2) is 53.5 Å². The van der Waals surface area contributed by atoms with Crippen LogP contribution in [0.1, 0.15) is 34.6 Å². The maximum absolute atomic E-state index is 13.9. The molecular formula is C26H26F2N4O3S. The molecule has 36 heavy (non-hydrogen) atoms. The summed E-state index contributed by atoms with van der Waals surface area (Å²) in [4.78, 5) is 32.5. The lowest BCUT2D eigenvalue weighted by molar-refractivity contribution is -0.122. The molecule has 0 aliphatic carbocycles. The highest BCUT2D eigenvalue weighted by Crippen LogP contribution is 2.31. The third-order valence-electron chi connectivity index (χ3n) is 6.57. The minimum absolute atomic E-state index is 0.00124. The number of ether oxygens (including phenoxy) is 1. The molecule has 2 aliphatic heterocycles. The standard InChI is InChI=1S/C26H26F2N4O3S/c27-17-3-1-16(2-4-17)22-15-36-25(31-22)14-32-19-6-7-20(32)13-30-26(34)21-11-18(28)5-8-23(21)35-10-9-29-24(33)12-19/h1-5,8,11,15,19-20H,6-7,9-10,12-14H2,(H,29,33)(H,30,34)/t19-,20+/m0/s1. The van der Waals surface area contributed by atoms with Crippen molar-refractivity contribution < 1.29 is 23.1 Å². The van der Waals surface area contributed by atoms with E-state index in [1.807, 2.05) is 5.38 Å². The van der Waals surface area contributed by atoms with Gasteiger partial charge in [-0.05, 0) is 55.3 Å². The van der Waals surface area contributed by atoms with Gasteiger partial charge in [-0.3, -0.25) is 14.5 Å². The van der Waals surface area contributed by atoms with E-state index in [1.165, 1.54) is 35.6 Å². The molecule has 2 aromatic carbocycles. The van der Waals surface area contributed by atoms with Gasteiger partial charge in [0, 0.05) is 36.0 Å². The number of nitrogens with one attached hydrogen (secondary N) is 2. The second kappa shape index (κ2) is 10.7. The molecular weight excluding hydrogens is 486 g/mol. The summed E-state index contributed by atoms with van der Waals surface area (Å²) in [6.45, 7) is 1.32. The van der Waals surface area contributed by atoms with Gasteiger partial charge in [0.15, 0.2) is 0 Å². The first-order valence-corrected chi connectivity index (χ1v) is 12.8. The number of amides is 2. The number of benzene rings is 2. The van der Waals surface area contributed by atoms with Gasteiger partial charge in [0.05, 0.1) is 24.3 Å². The van der Waals surface area contributed by atoms with Crippen LogP contribution < -0.4 is 15.4 Å². The molecule has 0 radical (unpaired) electrons. The molecule has 0 unspecified atom stereocenters. The van der Waals surface area contributed by atoms with Crippen molar-refractivity contribution in [3.8, 4) is 17.0 Å². The van der Waals surface area contributed by atoms with Gasteiger partial charge in [0.2, 0.25) is 5.91 Å². The molecule has 1 aromatic heterocycles. The van der Waals surface area contributed by atoms with Crippen molar-refractivity contribution in [1.29, 1.82) is 0 Å². The van der Waals surface area contributed by atoms with E-state index in [9.17, 15) is 18.4 Å². The van der Waals surface area contributed by atoms with Gasteiger partial charge in [-0.1, -0.05) is 0 Å². The predicted octanol–water partition coefficient (Wildman–Crippen LogP) is 3.75. The van der Waals surface area contributed by atoms with E-state index in [0.717, 1.165) is 35.2 Å². The molecule has 1 saturated heterocycles. The van der Waals surface area contributed by atoms with Crippen LogP contribution in [0.3, 0.4) is 0 Å². The Bertz CT molecular complexity index is 1250. The molecule has 2 bridgehead atoms. The van der Waals surface area contributed by atoms with Crippen LogP contribution in [0.2, 0.25) is 0 Å². The van der Waals surface area contributed by atoms with Gasteiger partial charge in [0.25, 0.3) is 5.91 Å². The Kier molecular flexibility index (Phi) is 7.24. The highest BCUT2D eigenvalue weighted by atomic mass is 32.1. The summed E-state index contributed by atoms with van der Waals surface area (Å²) in [6.07, 6.45) is 1.95. The first-order valence-electron chi connectivity index (χ1n) is 11.9. The Morgan fingerprint density at radius 2 is 1.81 bits per heavy atom. The summed E-state index contributed by atoms with van der Waals surface area (Å²) in [5.41, 5.74) is 1.74. The summed E-state index contributed by atoms with van der Waals surface area (Å²) in [5, 5.41) is 8.62. The largest absolute Gasteiger partial charge is 0.491 e. The van der Waals surface area contributed by atoms with Crippen molar-refractivity contribution in [2.45, 2.75) is 37.9 Å². The van der Waals surface area contributed by atoms with Crippen LogP contribution in [0.5, 0.6) is 5.75 Å². The number of aromatic nitrogens is 1. The molecule has 10 heteroatoms. The van der Waals surface area contributed by atoms with E-state index in [1.54, 1.807) is 12.1 Å². The second-order valence-electron chi connectivity index (χ2n) is 8.94. The van der Waals surface area contributed by atoms with E-state index < -0.39 is 11.7 Å². The van der Waals surface area contributed by atoms with Gasteiger partial charge in [-0.2, -0.15) is 0 Å². The summed E-state index contributed by atoms with van der Waals surface area (Å²) >= 11 is 1.51. The van der Waals surface area contributed by atoms with Gasteiger partial charge in [-0.15, -0.1) is 11.3 Å². The van der Waals surface area contributed by atoms with Crippen LogP contribution >= 0.6 is 11.3 Å². The minimum Gasteiger partial charge on any atom is -0.491 e. The van der Waals surface area contributed by atoms with Gasteiger partial charge >= 0.3 is 0 Å². The van der Waals surface area contributed by atoms with Crippen molar-refractivity contribution in [1.82, 2.24) is 20.5 Å². The lowest BCUT2D eigenvalue weighted by Gasteiger charge is -2.29. The third kappa shape index (κ3) is 5.55. The Balaban J connectivity index is 1.36. The SMILES string of the molecule is O=C1C[C@@H]2CC[C@H](CNC(=O)c3cc(F)ccc3OCCN1)N2Cc1nc(-c2ccc(F)cc2)cs1. The number of halogens is 2. The first-order chi connectivity index (χ1) is 17.5. The summed E-state index contributed by atoms with van der Waals surface area (Å²) in [6, 6.07) is 10.0. The maximum atomic E-state index is 13.9. The topological polar surface area (TPSA) is 83.6 Å². The Hall–Kier alpha value is -3.37. The highest BCUT2D eigenvalue weighted by molar-refractivity contribution is 7.09. The average molecular weight is 513 g/mol. The zero-order valence-corrected chi connectivity index (χ0v) is 20.3. The molecule has 3 aromatic rings. The number of hydrogen-bond donors (Lipinski definition) is 2. The van der Waals surface area contributed by atoms with E-state index in [2.05, 4.69) is 15.5 Å². The highest BCUT2D eigenvalue weighted by Gasteiger charge is 2.35. The Labute approximate surface area is 211 Å². The van der Waals surface area contributed by atoms with Crippen LogP contribution in [0.25, 0.3) is 11.3 Å². The lowest BCUT2D eigenvalue weighted by atomic mass is 10.1. The molecule has 2 N–H and O–H groups in total. The average Bonchev–Trinajstić information content (AvgIpc) is 3.48. The number of thiazole rings is 1. The minimum atomic E-state index is -0.523. The quantitative estimate of drug-likeness (QED) is 0.559. The third-order valence-corrected chi connectivity index (χ3v) is 7.40.